The molecule has 140 valence electrons. The second-order valence-corrected chi connectivity index (χ2v) is 7.21. The van der Waals surface area contributed by atoms with E-state index in [2.05, 4.69) is 20.4 Å². The maximum absolute atomic E-state index is 12.5. The van der Waals surface area contributed by atoms with Crippen molar-refractivity contribution < 1.29 is 9.53 Å². The van der Waals surface area contributed by atoms with E-state index in [-0.39, 0.29) is 18.6 Å². The van der Waals surface area contributed by atoms with Gasteiger partial charge in [0.1, 0.15) is 6.54 Å². The Morgan fingerprint density at radius 2 is 2.00 bits per heavy atom. The largest absolute Gasteiger partial charge is 0.376 e. The third kappa shape index (κ3) is 5.47. The maximum atomic E-state index is 12.5. The zero-order valence-corrected chi connectivity index (χ0v) is 15.3. The summed E-state index contributed by atoms with van der Waals surface area (Å²) < 4.78 is 7.37. The number of tetrazole rings is 1. The van der Waals surface area contributed by atoms with Crippen LogP contribution in [0.3, 0.4) is 0 Å². The van der Waals surface area contributed by atoms with Gasteiger partial charge in [-0.15, -0.1) is 5.10 Å². The molecule has 8 nitrogen and oxygen atoms in total. The van der Waals surface area contributed by atoms with Crippen LogP contribution in [0.25, 0.3) is 0 Å². The van der Waals surface area contributed by atoms with E-state index in [1.165, 1.54) is 32.1 Å². The van der Waals surface area contributed by atoms with Crippen LogP contribution in [0.4, 0.5) is 0 Å². The number of likely N-dealkylation sites (tertiary alicyclic amines) is 1. The number of likely N-dealkylation sites (N-methyl/N-ethyl adjacent to an activating group) is 1. The van der Waals surface area contributed by atoms with Gasteiger partial charge in [0.15, 0.2) is 5.82 Å². The summed E-state index contributed by atoms with van der Waals surface area (Å²) in [6, 6.07) is 0. The fourth-order valence-corrected chi connectivity index (χ4v) is 3.56. The molecule has 8 heteroatoms. The minimum atomic E-state index is 0.0265. The van der Waals surface area contributed by atoms with Gasteiger partial charge in [-0.25, -0.2) is 4.68 Å². The van der Waals surface area contributed by atoms with Crippen molar-refractivity contribution in [1.82, 2.24) is 30.0 Å². The van der Waals surface area contributed by atoms with E-state index in [1.807, 2.05) is 7.05 Å². The molecule has 2 aliphatic rings. The smallest absolute Gasteiger partial charge is 0.244 e. The van der Waals surface area contributed by atoms with E-state index in [4.69, 9.17) is 4.74 Å². The van der Waals surface area contributed by atoms with Gasteiger partial charge >= 0.3 is 0 Å². The summed E-state index contributed by atoms with van der Waals surface area (Å²) in [7, 11) is 1.83. The Hall–Kier alpha value is -1.54. The number of nitrogens with zero attached hydrogens (tertiary/aromatic N) is 6. The summed E-state index contributed by atoms with van der Waals surface area (Å²) in [5, 5.41) is 11.9. The molecule has 3 rings (SSSR count). The predicted molar refractivity (Wildman–Crippen MR) is 92.8 cm³/mol. The summed E-state index contributed by atoms with van der Waals surface area (Å²) in [5.41, 5.74) is 0. The molecule has 2 fully saturated rings. The number of amides is 1. The lowest BCUT2D eigenvalue weighted by molar-refractivity contribution is -0.133. The van der Waals surface area contributed by atoms with Gasteiger partial charge in [-0.3, -0.25) is 9.69 Å². The predicted octanol–water partition coefficient (Wildman–Crippen LogP) is 1.08. The van der Waals surface area contributed by atoms with Crippen molar-refractivity contribution in [2.24, 2.45) is 0 Å². The molecule has 1 aromatic rings. The highest BCUT2D eigenvalue weighted by Crippen LogP contribution is 2.14. The molecule has 25 heavy (non-hydrogen) atoms. The van der Waals surface area contributed by atoms with Gasteiger partial charge in [0.05, 0.1) is 12.6 Å². The average molecular weight is 350 g/mol. The number of rotatable bonds is 6. The highest BCUT2D eigenvalue weighted by molar-refractivity contribution is 5.75. The first-order chi connectivity index (χ1) is 12.2. The number of hydrogen-bond acceptors (Lipinski definition) is 6. The summed E-state index contributed by atoms with van der Waals surface area (Å²) in [5.74, 6) is 0.802. The molecule has 2 aliphatic heterocycles. The molecule has 0 N–H and O–H groups in total. The zero-order chi connectivity index (χ0) is 17.5. The van der Waals surface area contributed by atoms with Gasteiger partial charge in [0.2, 0.25) is 5.91 Å². The Morgan fingerprint density at radius 3 is 2.72 bits per heavy atom. The standard InChI is InChI=1S/C17H30N6O2/c1-21(12-15-8-4-7-11-25-15)17(24)14-23-16(18-19-20-23)13-22-9-5-2-3-6-10-22/h15H,2-14H2,1H3/t15-/m1/s1. The fourth-order valence-electron chi connectivity index (χ4n) is 3.56. The molecule has 2 saturated heterocycles. The van der Waals surface area contributed by atoms with Crippen LogP contribution in [-0.2, 0) is 22.6 Å². The molecule has 1 amide bonds. The van der Waals surface area contributed by atoms with Crippen LogP contribution >= 0.6 is 0 Å². The van der Waals surface area contributed by atoms with Crippen LogP contribution < -0.4 is 0 Å². The monoisotopic (exact) mass is 350 g/mol. The highest BCUT2D eigenvalue weighted by Gasteiger charge is 2.21. The summed E-state index contributed by atoms with van der Waals surface area (Å²) in [6.45, 7) is 4.52. The lowest BCUT2D eigenvalue weighted by atomic mass is 10.1. The Balaban J connectivity index is 1.51. The van der Waals surface area contributed by atoms with Crippen molar-refractivity contribution in [3.63, 3.8) is 0 Å². The fraction of sp³-hybridized carbons (Fsp3) is 0.882. The molecular weight excluding hydrogens is 320 g/mol. The zero-order valence-electron chi connectivity index (χ0n) is 15.3. The third-order valence-corrected chi connectivity index (χ3v) is 5.13. The van der Waals surface area contributed by atoms with Crippen molar-refractivity contribution in [1.29, 1.82) is 0 Å². The molecule has 0 bridgehead atoms. The number of carbonyl (C=O) groups is 1. The minimum absolute atomic E-state index is 0.0265. The molecule has 0 unspecified atom stereocenters. The molecule has 3 heterocycles. The molecule has 0 spiro atoms. The van der Waals surface area contributed by atoms with E-state index in [1.54, 1.807) is 9.58 Å². The van der Waals surface area contributed by atoms with E-state index < -0.39 is 0 Å². The lowest BCUT2D eigenvalue weighted by Crippen LogP contribution is -2.39. The van der Waals surface area contributed by atoms with Gasteiger partial charge < -0.3 is 9.64 Å². The second kappa shape index (κ2) is 9.24. The van der Waals surface area contributed by atoms with Gasteiger partial charge in [-0.2, -0.15) is 0 Å². The van der Waals surface area contributed by atoms with Crippen LogP contribution in [0.2, 0.25) is 0 Å². The molecule has 0 radical (unpaired) electrons. The SMILES string of the molecule is CN(C[C@H]1CCCCO1)C(=O)Cn1nnnc1CN1CCCCCC1. The van der Waals surface area contributed by atoms with Crippen LogP contribution in [0, 0.1) is 0 Å². The summed E-state index contributed by atoms with van der Waals surface area (Å²) in [4.78, 5) is 16.7. The van der Waals surface area contributed by atoms with E-state index in [0.717, 1.165) is 44.9 Å². The van der Waals surface area contributed by atoms with Crippen LogP contribution in [-0.4, -0.2) is 75.3 Å². The van der Waals surface area contributed by atoms with E-state index in [9.17, 15) is 4.79 Å². The Kier molecular flexibility index (Phi) is 6.75. The van der Waals surface area contributed by atoms with Crippen molar-refractivity contribution in [3.8, 4) is 0 Å². The van der Waals surface area contributed by atoms with Crippen LogP contribution in [0.1, 0.15) is 50.8 Å². The van der Waals surface area contributed by atoms with Crippen LogP contribution in [0.5, 0.6) is 0 Å². The number of ether oxygens (including phenoxy) is 1. The lowest BCUT2D eigenvalue weighted by Gasteiger charge is -2.27. The topological polar surface area (TPSA) is 76.4 Å². The first-order valence-corrected chi connectivity index (χ1v) is 9.55. The van der Waals surface area contributed by atoms with E-state index >= 15 is 0 Å². The maximum Gasteiger partial charge on any atom is 0.244 e. The Labute approximate surface area is 149 Å². The van der Waals surface area contributed by atoms with Gasteiger partial charge in [-0.1, -0.05) is 12.8 Å². The Bertz CT molecular complexity index is 535. The molecule has 1 atom stereocenters. The van der Waals surface area contributed by atoms with E-state index in [0.29, 0.717) is 6.54 Å². The number of aromatic nitrogens is 4. The second-order valence-electron chi connectivity index (χ2n) is 7.21. The van der Waals surface area contributed by atoms with Crippen molar-refractivity contribution in [3.05, 3.63) is 5.82 Å². The minimum Gasteiger partial charge on any atom is -0.376 e. The first-order valence-electron chi connectivity index (χ1n) is 9.55. The van der Waals surface area contributed by atoms with Gasteiger partial charge in [0.25, 0.3) is 0 Å². The normalized spacial score (nSPS) is 22.5. The summed E-state index contributed by atoms with van der Waals surface area (Å²) >= 11 is 0. The summed E-state index contributed by atoms with van der Waals surface area (Å²) in [6.07, 6.45) is 8.55. The van der Waals surface area contributed by atoms with Gasteiger partial charge in [0, 0.05) is 20.2 Å². The van der Waals surface area contributed by atoms with Crippen molar-refractivity contribution >= 4 is 5.91 Å². The van der Waals surface area contributed by atoms with Gasteiger partial charge in [-0.05, 0) is 55.6 Å². The quantitative estimate of drug-likeness (QED) is 0.764. The van der Waals surface area contributed by atoms with Crippen LogP contribution in [0.15, 0.2) is 0 Å². The molecule has 0 aliphatic carbocycles. The molecule has 0 aromatic carbocycles. The third-order valence-electron chi connectivity index (χ3n) is 5.13. The highest BCUT2D eigenvalue weighted by atomic mass is 16.5. The number of carbonyl (C=O) groups excluding carboxylic acids is 1. The molecular formula is C17H30N6O2. The number of hydrogen-bond donors (Lipinski definition) is 0. The molecule has 0 saturated carbocycles. The van der Waals surface area contributed by atoms with Crippen molar-refractivity contribution in [2.45, 2.75) is 64.1 Å². The first kappa shape index (κ1) is 18.3. The Morgan fingerprint density at radius 1 is 1.20 bits per heavy atom. The average Bonchev–Trinajstić information content (AvgIpc) is 2.88. The molecule has 1 aromatic heterocycles. The van der Waals surface area contributed by atoms with Crippen molar-refractivity contribution in [2.75, 3.05) is 33.3 Å².